The second-order valence-corrected chi connectivity index (χ2v) is 6.24. The number of benzene rings is 1. The van der Waals surface area contributed by atoms with Gasteiger partial charge in [0, 0.05) is 16.8 Å². The van der Waals surface area contributed by atoms with Gasteiger partial charge in [-0.3, -0.25) is 4.79 Å². The van der Waals surface area contributed by atoms with Gasteiger partial charge in [-0.25, -0.2) is 15.4 Å². The van der Waals surface area contributed by atoms with Crippen LogP contribution in [-0.4, -0.2) is 21.3 Å². The molecule has 23 heavy (non-hydrogen) atoms. The number of Topliss-reactive ketones (excluding diaryl/α,β-unsaturated/α-hetero) is 1. The van der Waals surface area contributed by atoms with Crippen molar-refractivity contribution < 1.29 is 4.79 Å². The Labute approximate surface area is 135 Å². The minimum atomic E-state index is -0.131. The van der Waals surface area contributed by atoms with Crippen molar-refractivity contribution in [2.24, 2.45) is 0 Å². The van der Waals surface area contributed by atoms with Crippen LogP contribution in [-0.2, 0) is 0 Å². The van der Waals surface area contributed by atoms with Crippen LogP contribution in [0, 0.1) is 0 Å². The zero-order chi connectivity index (χ0) is 17.0. The van der Waals surface area contributed by atoms with Crippen LogP contribution in [0.25, 0.3) is 0 Å². The lowest BCUT2D eigenvalue weighted by molar-refractivity contribution is 0.101. The molecule has 122 valence electrons. The van der Waals surface area contributed by atoms with Gasteiger partial charge in [0.1, 0.15) is 12.0 Å². The van der Waals surface area contributed by atoms with E-state index in [1.807, 2.05) is 20.8 Å². The molecule has 0 saturated heterocycles. The molecule has 0 radical (unpaired) electrons. The van der Waals surface area contributed by atoms with Crippen LogP contribution < -0.4 is 21.9 Å². The number of carbonyl (C=O) groups is 1. The lowest BCUT2D eigenvalue weighted by Crippen LogP contribution is -2.40. The summed E-state index contributed by atoms with van der Waals surface area (Å²) in [4.78, 5) is 19.6. The molecule has 7 nitrogen and oxygen atoms in total. The number of nitrogens with two attached hydrogens (primary N) is 1. The monoisotopic (exact) mass is 314 g/mol. The molecular weight excluding hydrogens is 292 g/mol. The van der Waals surface area contributed by atoms with E-state index >= 15 is 0 Å². The third-order valence-electron chi connectivity index (χ3n) is 2.99. The van der Waals surface area contributed by atoms with Crippen molar-refractivity contribution in [1.29, 1.82) is 0 Å². The number of aromatic nitrogens is 2. The number of ketones is 1. The first-order chi connectivity index (χ1) is 10.8. The number of carbonyl (C=O) groups excluding carboxylic acids is 1. The molecule has 5 N–H and O–H groups in total. The van der Waals surface area contributed by atoms with Crippen molar-refractivity contribution in [3.63, 3.8) is 0 Å². The Balaban J connectivity index is 2.15. The van der Waals surface area contributed by atoms with Crippen molar-refractivity contribution in [3.8, 4) is 0 Å². The quantitative estimate of drug-likeness (QED) is 0.497. The molecule has 2 aromatic rings. The normalized spacial score (nSPS) is 11.1. The highest BCUT2D eigenvalue weighted by Gasteiger charge is 2.12. The average molecular weight is 314 g/mol. The zero-order valence-electron chi connectivity index (χ0n) is 13.8. The Morgan fingerprint density at radius 3 is 2.26 bits per heavy atom. The number of nitrogens with one attached hydrogen (secondary N) is 3. The molecule has 0 atom stereocenters. The van der Waals surface area contributed by atoms with Gasteiger partial charge in [0.25, 0.3) is 0 Å². The molecule has 0 spiro atoms. The summed E-state index contributed by atoms with van der Waals surface area (Å²) in [7, 11) is 0. The molecule has 7 heteroatoms. The molecule has 0 unspecified atom stereocenters. The molecule has 2 rings (SSSR count). The summed E-state index contributed by atoms with van der Waals surface area (Å²) in [6.07, 6.45) is 1.43. The van der Waals surface area contributed by atoms with Gasteiger partial charge in [-0.05, 0) is 52.0 Å². The SMILES string of the molecule is CC(=O)c1ccc(Nc2ncnc(NNC(C)(C)C)c2N)cc1. The van der Waals surface area contributed by atoms with E-state index in [4.69, 9.17) is 5.73 Å². The maximum atomic E-state index is 11.3. The first-order valence-electron chi connectivity index (χ1n) is 7.28. The van der Waals surface area contributed by atoms with Crippen LogP contribution in [0.1, 0.15) is 38.1 Å². The van der Waals surface area contributed by atoms with Gasteiger partial charge in [0.15, 0.2) is 17.4 Å². The summed E-state index contributed by atoms with van der Waals surface area (Å²) in [5.74, 6) is 1.02. The Hall–Kier alpha value is -2.67. The Morgan fingerprint density at radius 1 is 1.09 bits per heavy atom. The minimum absolute atomic E-state index is 0.0258. The van der Waals surface area contributed by atoms with Gasteiger partial charge < -0.3 is 16.5 Å². The van der Waals surface area contributed by atoms with E-state index in [1.54, 1.807) is 24.3 Å². The van der Waals surface area contributed by atoms with Crippen molar-refractivity contribution in [3.05, 3.63) is 36.2 Å². The second kappa shape index (κ2) is 6.62. The highest BCUT2D eigenvalue weighted by atomic mass is 16.1. The predicted octanol–water partition coefficient (Wildman–Crippen LogP) is 2.72. The van der Waals surface area contributed by atoms with E-state index in [9.17, 15) is 4.79 Å². The van der Waals surface area contributed by atoms with Crippen molar-refractivity contribution in [1.82, 2.24) is 15.4 Å². The van der Waals surface area contributed by atoms with Crippen molar-refractivity contribution in [2.45, 2.75) is 33.2 Å². The van der Waals surface area contributed by atoms with Gasteiger partial charge in [0.05, 0.1) is 0 Å². The van der Waals surface area contributed by atoms with E-state index in [-0.39, 0.29) is 11.3 Å². The van der Waals surface area contributed by atoms with E-state index in [0.717, 1.165) is 5.69 Å². The van der Waals surface area contributed by atoms with E-state index in [0.29, 0.717) is 22.9 Å². The molecule has 1 aromatic carbocycles. The number of nitrogens with zero attached hydrogens (tertiary/aromatic N) is 2. The Kier molecular flexibility index (Phi) is 4.80. The van der Waals surface area contributed by atoms with Crippen LogP contribution in [0.3, 0.4) is 0 Å². The molecule has 0 fully saturated rings. The van der Waals surface area contributed by atoms with E-state index in [1.165, 1.54) is 13.3 Å². The second-order valence-electron chi connectivity index (χ2n) is 6.24. The molecule has 0 saturated carbocycles. The highest BCUT2D eigenvalue weighted by molar-refractivity contribution is 5.94. The molecule has 0 aliphatic rings. The minimum Gasteiger partial charge on any atom is -0.393 e. The summed E-state index contributed by atoms with van der Waals surface area (Å²) >= 11 is 0. The van der Waals surface area contributed by atoms with Crippen LogP contribution in [0.2, 0.25) is 0 Å². The maximum absolute atomic E-state index is 11.3. The first-order valence-corrected chi connectivity index (χ1v) is 7.28. The zero-order valence-corrected chi connectivity index (χ0v) is 13.8. The lowest BCUT2D eigenvalue weighted by Gasteiger charge is -2.22. The predicted molar refractivity (Wildman–Crippen MR) is 92.7 cm³/mol. The van der Waals surface area contributed by atoms with Gasteiger partial charge in [0.2, 0.25) is 0 Å². The van der Waals surface area contributed by atoms with Crippen LogP contribution in [0.4, 0.5) is 23.0 Å². The fourth-order valence-electron chi connectivity index (χ4n) is 1.77. The van der Waals surface area contributed by atoms with Crippen molar-refractivity contribution >= 4 is 28.8 Å². The highest BCUT2D eigenvalue weighted by Crippen LogP contribution is 2.25. The van der Waals surface area contributed by atoms with Crippen LogP contribution in [0.15, 0.2) is 30.6 Å². The van der Waals surface area contributed by atoms with Gasteiger partial charge in [-0.1, -0.05) is 0 Å². The first kappa shape index (κ1) is 16.7. The molecule has 0 aliphatic heterocycles. The Bertz CT molecular complexity index is 691. The van der Waals surface area contributed by atoms with Crippen LogP contribution in [0.5, 0.6) is 0 Å². The molecule has 0 aliphatic carbocycles. The van der Waals surface area contributed by atoms with Gasteiger partial charge >= 0.3 is 0 Å². The average Bonchev–Trinajstić information content (AvgIpc) is 2.48. The fraction of sp³-hybridized carbons (Fsp3) is 0.312. The number of hydrogen-bond acceptors (Lipinski definition) is 7. The van der Waals surface area contributed by atoms with Crippen molar-refractivity contribution in [2.75, 3.05) is 16.5 Å². The number of rotatable bonds is 5. The topological polar surface area (TPSA) is 105 Å². The molecular formula is C16H22N6O. The summed E-state index contributed by atoms with van der Waals surface area (Å²) in [6.45, 7) is 7.60. The van der Waals surface area contributed by atoms with Gasteiger partial charge in [-0.15, -0.1) is 0 Å². The van der Waals surface area contributed by atoms with E-state index in [2.05, 4.69) is 26.1 Å². The standard InChI is InChI=1S/C16H22N6O/c1-10(23)11-5-7-12(8-6-11)20-14-13(17)15(19-9-18-14)21-22-16(2,3)4/h5-9,22H,17H2,1-4H3,(H2,18,19,20,21). The smallest absolute Gasteiger partial charge is 0.169 e. The third kappa shape index (κ3) is 4.65. The summed E-state index contributed by atoms with van der Waals surface area (Å²) < 4.78 is 0. The fourth-order valence-corrected chi connectivity index (χ4v) is 1.77. The summed E-state index contributed by atoms with van der Waals surface area (Å²) in [5.41, 5.74) is 13.9. The molecule has 1 aromatic heterocycles. The number of hydrogen-bond donors (Lipinski definition) is 4. The third-order valence-corrected chi connectivity index (χ3v) is 2.99. The summed E-state index contributed by atoms with van der Waals surface area (Å²) in [5, 5.41) is 3.12. The lowest BCUT2D eigenvalue weighted by atomic mass is 10.1. The van der Waals surface area contributed by atoms with Crippen LogP contribution >= 0.6 is 0 Å². The Morgan fingerprint density at radius 2 is 1.70 bits per heavy atom. The van der Waals surface area contributed by atoms with E-state index < -0.39 is 0 Å². The largest absolute Gasteiger partial charge is 0.393 e. The molecule has 1 heterocycles. The number of anilines is 4. The molecule has 0 bridgehead atoms. The number of nitrogen functional groups attached to an aromatic ring is 1. The molecule has 0 amide bonds. The maximum Gasteiger partial charge on any atom is 0.169 e. The number of hydrazine groups is 1. The summed E-state index contributed by atoms with van der Waals surface area (Å²) in [6, 6.07) is 7.11. The van der Waals surface area contributed by atoms with Gasteiger partial charge in [-0.2, -0.15) is 0 Å².